The summed E-state index contributed by atoms with van der Waals surface area (Å²) in [5.41, 5.74) is 2.64. The Morgan fingerprint density at radius 1 is 1.00 bits per heavy atom. The van der Waals surface area contributed by atoms with Gasteiger partial charge in [0.2, 0.25) is 0 Å². The number of ether oxygens (including phenoxy) is 3. The summed E-state index contributed by atoms with van der Waals surface area (Å²) < 4.78 is 15.7. The first-order chi connectivity index (χ1) is 11.7. The second-order valence-corrected chi connectivity index (χ2v) is 4.98. The van der Waals surface area contributed by atoms with Crippen molar-refractivity contribution in [3.63, 3.8) is 0 Å². The van der Waals surface area contributed by atoms with Gasteiger partial charge in [-0.05, 0) is 31.2 Å². The lowest BCUT2D eigenvalue weighted by molar-refractivity contribution is -0.120. The molecule has 0 unspecified atom stereocenters. The molecule has 0 aliphatic carbocycles. The molecule has 0 aliphatic rings. The highest BCUT2D eigenvalue weighted by atomic mass is 16.5. The summed E-state index contributed by atoms with van der Waals surface area (Å²) in [6.07, 6.45) is 1.96. The number of hydrogen-bond acceptors (Lipinski definition) is 5. The average Bonchev–Trinajstić information content (AvgIpc) is 2.63. The molecule has 24 heavy (non-hydrogen) atoms. The number of nitrogens with zero attached hydrogens (tertiary/aromatic N) is 1. The zero-order valence-corrected chi connectivity index (χ0v) is 14.3. The van der Waals surface area contributed by atoms with Crippen LogP contribution in [0.3, 0.4) is 0 Å². The number of allylic oxidation sites excluding steroid dienone is 1. The Morgan fingerprint density at radius 3 is 2.33 bits per heavy atom. The van der Waals surface area contributed by atoms with Gasteiger partial charge in [0.05, 0.1) is 14.2 Å². The van der Waals surface area contributed by atoms with Gasteiger partial charge in [-0.3, -0.25) is 4.79 Å². The zero-order chi connectivity index (χ0) is 17.5. The highest BCUT2D eigenvalue weighted by Crippen LogP contribution is 2.35. The van der Waals surface area contributed by atoms with E-state index in [0.717, 1.165) is 16.9 Å². The van der Waals surface area contributed by atoms with Crippen molar-refractivity contribution in [3.05, 3.63) is 54.1 Å². The predicted octanol–water partition coefficient (Wildman–Crippen LogP) is 3.74. The topological polar surface area (TPSA) is 48.0 Å². The van der Waals surface area contributed by atoms with Crippen molar-refractivity contribution in [1.29, 1.82) is 0 Å². The van der Waals surface area contributed by atoms with E-state index in [1.165, 1.54) is 0 Å². The van der Waals surface area contributed by atoms with Gasteiger partial charge in [0.15, 0.2) is 11.5 Å². The highest BCUT2D eigenvalue weighted by molar-refractivity contribution is 5.82. The van der Waals surface area contributed by atoms with Crippen LogP contribution in [0.4, 0.5) is 5.69 Å². The summed E-state index contributed by atoms with van der Waals surface area (Å²) in [5, 5.41) is 0. The second-order valence-electron chi connectivity index (χ2n) is 4.98. The molecule has 126 valence electrons. The summed E-state index contributed by atoms with van der Waals surface area (Å²) in [6, 6.07) is 13.1. The number of carbonyl (C=O) groups excluding carboxylic acids is 1. The number of rotatable bonds is 7. The van der Waals surface area contributed by atoms with Crippen LogP contribution in [0.1, 0.15) is 12.5 Å². The number of para-hydroxylation sites is 1. The molecule has 0 radical (unpaired) electrons. The van der Waals surface area contributed by atoms with Gasteiger partial charge in [-0.15, -0.1) is 0 Å². The fraction of sp³-hybridized carbons (Fsp3) is 0.211. The molecule has 0 N–H and O–H groups in total. The summed E-state index contributed by atoms with van der Waals surface area (Å²) in [6.45, 7) is 2.37. The van der Waals surface area contributed by atoms with Crippen molar-refractivity contribution in [2.45, 2.75) is 6.92 Å². The Balaban J connectivity index is 2.43. The molecular weight excluding hydrogens is 306 g/mol. The average molecular weight is 327 g/mol. The van der Waals surface area contributed by atoms with E-state index >= 15 is 0 Å². The largest absolute Gasteiger partial charge is 0.493 e. The summed E-state index contributed by atoms with van der Waals surface area (Å²) in [5.74, 6) is 1.82. The summed E-state index contributed by atoms with van der Waals surface area (Å²) in [7, 11) is 5.14. The van der Waals surface area contributed by atoms with Gasteiger partial charge in [0.25, 0.3) is 6.47 Å². The number of hydrogen-bond donors (Lipinski definition) is 0. The van der Waals surface area contributed by atoms with Crippen molar-refractivity contribution in [2.24, 2.45) is 0 Å². The van der Waals surface area contributed by atoms with Crippen molar-refractivity contribution < 1.29 is 19.0 Å². The van der Waals surface area contributed by atoms with Crippen LogP contribution in [-0.4, -0.2) is 27.7 Å². The van der Waals surface area contributed by atoms with Crippen LogP contribution in [0.5, 0.6) is 17.2 Å². The van der Waals surface area contributed by atoms with Crippen molar-refractivity contribution in [1.82, 2.24) is 0 Å². The van der Waals surface area contributed by atoms with E-state index in [2.05, 4.69) is 0 Å². The lowest BCUT2D eigenvalue weighted by Crippen LogP contribution is -2.16. The predicted molar refractivity (Wildman–Crippen MR) is 94.7 cm³/mol. The Labute approximate surface area is 142 Å². The van der Waals surface area contributed by atoms with Crippen LogP contribution in [0.2, 0.25) is 0 Å². The summed E-state index contributed by atoms with van der Waals surface area (Å²) >= 11 is 0. The molecule has 0 atom stereocenters. The molecular formula is C19H21NO4. The number of anilines is 1. The number of benzene rings is 2. The molecule has 0 fully saturated rings. The van der Waals surface area contributed by atoms with E-state index in [1.54, 1.807) is 20.3 Å². The molecule has 0 aliphatic heterocycles. The Morgan fingerprint density at radius 2 is 1.71 bits per heavy atom. The Bertz CT molecular complexity index is 740. The molecule has 0 saturated heterocycles. The van der Waals surface area contributed by atoms with E-state index < -0.39 is 0 Å². The van der Waals surface area contributed by atoms with Gasteiger partial charge >= 0.3 is 0 Å². The Hall–Kier alpha value is -2.95. The molecule has 0 saturated carbocycles. The van der Waals surface area contributed by atoms with Crippen LogP contribution < -0.4 is 19.1 Å². The summed E-state index contributed by atoms with van der Waals surface area (Å²) in [4.78, 5) is 12.7. The van der Waals surface area contributed by atoms with Gasteiger partial charge in [-0.25, -0.2) is 0 Å². The van der Waals surface area contributed by atoms with Crippen LogP contribution in [0.25, 0.3) is 5.70 Å². The normalized spacial score (nSPS) is 10.9. The van der Waals surface area contributed by atoms with Crippen LogP contribution in [-0.2, 0) is 4.79 Å². The van der Waals surface area contributed by atoms with Crippen LogP contribution >= 0.6 is 0 Å². The fourth-order valence-electron chi connectivity index (χ4n) is 2.54. The fourth-order valence-corrected chi connectivity index (χ4v) is 2.54. The molecule has 2 rings (SSSR count). The Kier molecular flexibility index (Phi) is 5.84. The van der Waals surface area contributed by atoms with Crippen LogP contribution in [0.15, 0.2) is 48.5 Å². The molecule has 0 amide bonds. The van der Waals surface area contributed by atoms with E-state index in [9.17, 15) is 4.79 Å². The molecule has 5 heteroatoms. The maximum Gasteiger partial charge on any atom is 0.298 e. The number of carbonyl (C=O) groups is 1. The van der Waals surface area contributed by atoms with Crippen LogP contribution in [0, 0.1) is 0 Å². The minimum absolute atomic E-state index is 0.433. The standard InChI is InChI=1S/C19H21NO4/c1-5-16(15-8-6-7-9-17(15)24-13-21)20(2)14-10-11-18(22-3)19(12-14)23-4/h5-13H,1-4H3/b16-5+. The third-order valence-corrected chi connectivity index (χ3v) is 3.73. The SMILES string of the molecule is C/C=C(\c1ccccc1OC=O)N(C)c1ccc(OC)c(OC)c1. The van der Waals surface area contributed by atoms with Gasteiger partial charge in [0, 0.05) is 30.1 Å². The second kappa shape index (κ2) is 8.06. The zero-order valence-electron chi connectivity index (χ0n) is 14.3. The minimum atomic E-state index is 0.433. The molecule has 0 spiro atoms. The third kappa shape index (κ3) is 3.51. The first-order valence-corrected chi connectivity index (χ1v) is 7.48. The monoisotopic (exact) mass is 327 g/mol. The minimum Gasteiger partial charge on any atom is -0.493 e. The molecule has 0 bridgehead atoms. The van der Waals surface area contributed by atoms with Crippen molar-refractivity contribution in [3.8, 4) is 17.2 Å². The van der Waals surface area contributed by atoms with Crippen molar-refractivity contribution in [2.75, 3.05) is 26.2 Å². The molecule has 2 aromatic carbocycles. The third-order valence-electron chi connectivity index (χ3n) is 3.73. The molecule has 2 aromatic rings. The van der Waals surface area contributed by atoms with Gasteiger partial charge < -0.3 is 19.1 Å². The van der Waals surface area contributed by atoms with Crippen molar-refractivity contribution >= 4 is 17.9 Å². The van der Waals surface area contributed by atoms with Gasteiger partial charge in [-0.1, -0.05) is 18.2 Å². The van der Waals surface area contributed by atoms with E-state index in [0.29, 0.717) is 23.7 Å². The lowest BCUT2D eigenvalue weighted by atomic mass is 10.1. The van der Waals surface area contributed by atoms with Gasteiger partial charge in [0.1, 0.15) is 5.75 Å². The molecule has 0 heterocycles. The van der Waals surface area contributed by atoms with E-state index in [1.807, 2.05) is 61.3 Å². The lowest BCUT2D eigenvalue weighted by Gasteiger charge is -2.25. The maximum atomic E-state index is 10.7. The first kappa shape index (κ1) is 17.4. The molecule has 5 nitrogen and oxygen atoms in total. The van der Waals surface area contributed by atoms with Gasteiger partial charge in [-0.2, -0.15) is 0 Å². The first-order valence-electron chi connectivity index (χ1n) is 7.48. The molecule has 0 aromatic heterocycles. The number of methoxy groups -OCH3 is 2. The quantitative estimate of drug-likeness (QED) is 0.725. The highest BCUT2D eigenvalue weighted by Gasteiger charge is 2.15. The van der Waals surface area contributed by atoms with E-state index in [4.69, 9.17) is 14.2 Å². The maximum absolute atomic E-state index is 10.7. The van der Waals surface area contributed by atoms with E-state index in [-0.39, 0.29) is 0 Å². The smallest absolute Gasteiger partial charge is 0.298 e.